The number of hydrogen-bond donors (Lipinski definition) is 0. The van der Waals surface area contributed by atoms with Gasteiger partial charge in [-0.1, -0.05) is 36.4 Å². The quantitative estimate of drug-likeness (QED) is 0.168. The minimum Gasteiger partial charge on any atom is -0.264 e. The molecule has 0 radical (unpaired) electrons. The third kappa shape index (κ3) is 5.36. The Morgan fingerprint density at radius 1 is 0.404 bits per heavy atom. The Morgan fingerprint density at radius 2 is 0.904 bits per heavy atom. The van der Waals surface area contributed by atoms with E-state index in [1.807, 2.05) is 85.5 Å². The monoisotopic (exact) mass is 663 g/mol. The second-order valence-electron chi connectivity index (χ2n) is 12.5. The average molecular weight is 664 g/mol. The van der Waals surface area contributed by atoms with E-state index in [2.05, 4.69) is 70.6 Å². The molecule has 0 fully saturated rings. The fraction of sp³-hybridized carbons (Fsp3) is 0. The molecule has 0 spiro atoms. The van der Waals surface area contributed by atoms with E-state index in [4.69, 9.17) is 15.0 Å². The van der Waals surface area contributed by atoms with Crippen LogP contribution >= 0.6 is 0 Å². The molecule has 0 aliphatic rings. The molecular weight excluding hydrogens is 639 g/mol. The maximum atomic E-state index is 9.51. The van der Waals surface area contributed by atoms with Crippen LogP contribution in [0.25, 0.3) is 88.5 Å². The largest absolute Gasteiger partial charge is 0.264 e. The molecule has 9 aromatic rings. The van der Waals surface area contributed by atoms with Crippen molar-refractivity contribution in [2.75, 3.05) is 0 Å². The van der Waals surface area contributed by atoms with E-state index >= 15 is 0 Å². The van der Waals surface area contributed by atoms with E-state index in [0.717, 1.165) is 88.5 Å². The van der Waals surface area contributed by atoms with E-state index in [1.165, 1.54) is 0 Å². The molecule has 0 atom stereocenters. The summed E-state index contributed by atoms with van der Waals surface area (Å²) in [6.07, 6.45) is 10.8. The fourth-order valence-electron chi connectivity index (χ4n) is 6.92. The molecule has 0 saturated carbocycles. The number of nitriles is 2. The van der Waals surface area contributed by atoms with Crippen molar-refractivity contribution in [3.05, 3.63) is 164 Å². The van der Waals surface area contributed by atoms with E-state index in [1.54, 1.807) is 18.5 Å². The van der Waals surface area contributed by atoms with Crippen LogP contribution in [0.1, 0.15) is 11.1 Å². The lowest BCUT2D eigenvalue weighted by molar-refractivity contribution is 1.26. The van der Waals surface area contributed by atoms with Crippen LogP contribution in [0, 0.1) is 22.7 Å². The average Bonchev–Trinajstić information content (AvgIpc) is 3.23. The summed E-state index contributed by atoms with van der Waals surface area (Å²) in [6.45, 7) is 0. The molecular formula is C45H25N7. The molecule has 5 heterocycles. The highest BCUT2D eigenvalue weighted by Gasteiger charge is 2.18. The summed E-state index contributed by atoms with van der Waals surface area (Å²) in [5.41, 5.74) is 11.8. The Labute approximate surface area is 298 Å². The normalized spacial score (nSPS) is 11.0. The SMILES string of the molecule is N#Cc1cc(C#N)cc(-c2ccc(-c3cc4c5cccnc5c(-c5cc(-c6cccnc6)nc(-c6cccnc6)c5)cc4c4cccnc34)cc2)c1. The van der Waals surface area contributed by atoms with Gasteiger partial charge in [0.1, 0.15) is 0 Å². The number of benzene rings is 4. The molecule has 0 aliphatic carbocycles. The minimum absolute atomic E-state index is 0.455. The molecule has 52 heavy (non-hydrogen) atoms. The molecule has 9 rings (SSSR count). The minimum atomic E-state index is 0.455. The zero-order valence-electron chi connectivity index (χ0n) is 27.6. The molecule has 7 nitrogen and oxygen atoms in total. The Kier molecular flexibility index (Phi) is 7.43. The molecule has 7 heteroatoms. The van der Waals surface area contributed by atoms with Gasteiger partial charge >= 0.3 is 0 Å². The summed E-state index contributed by atoms with van der Waals surface area (Å²) in [7, 11) is 0. The van der Waals surface area contributed by atoms with Crippen molar-refractivity contribution in [2.24, 2.45) is 0 Å². The predicted octanol–water partition coefficient (Wildman–Crippen LogP) is 10.2. The van der Waals surface area contributed by atoms with Gasteiger partial charge in [-0.25, -0.2) is 4.98 Å². The van der Waals surface area contributed by atoms with Crippen LogP contribution in [0.4, 0.5) is 0 Å². The molecule has 240 valence electrons. The van der Waals surface area contributed by atoms with Crippen LogP contribution < -0.4 is 0 Å². The highest BCUT2D eigenvalue weighted by Crippen LogP contribution is 2.42. The topological polar surface area (TPSA) is 112 Å². The van der Waals surface area contributed by atoms with Gasteiger partial charge in [0.25, 0.3) is 0 Å². The van der Waals surface area contributed by atoms with Gasteiger partial charge in [-0.05, 0) is 112 Å². The van der Waals surface area contributed by atoms with Gasteiger partial charge in [0.2, 0.25) is 0 Å². The van der Waals surface area contributed by atoms with Crippen molar-refractivity contribution in [3.8, 4) is 68.0 Å². The Morgan fingerprint density at radius 3 is 1.40 bits per heavy atom. The predicted molar refractivity (Wildman–Crippen MR) is 205 cm³/mol. The molecule has 0 saturated heterocycles. The standard InChI is InChI=1S/C45H25N7/c46-24-28-17-29(25-47)19-34(18-28)30-9-11-31(12-10-30)38-22-40-37-8-4-16-51-45(37)39(23-41(40)36-7-3-15-50-44(36)38)35-20-42(32-5-1-13-48-26-32)52-43(21-35)33-6-2-14-49-27-33/h1-23,26-27H. The zero-order valence-corrected chi connectivity index (χ0v) is 27.6. The first kappa shape index (κ1) is 30.4. The van der Waals surface area contributed by atoms with Gasteiger partial charge < -0.3 is 0 Å². The van der Waals surface area contributed by atoms with Crippen molar-refractivity contribution in [3.63, 3.8) is 0 Å². The molecule has 0 aliphatic heterocycles. The number of fused-ring (bicyclic) bond motifs is 5. The lowest BCUT2D eigenvalue weighted by Crippen LogP contribution is -1.94. The number of aromatic nitrogens is 5. The van der Waals surface area contributed by atoms with Crippen molar-refractivity contribution in [1.29, 1.82) is 10.5 Å². The molecule has 0 N–H and O–H groups in total. The third-order valence-corrected chi connectivity index (χ3v) is 9.34. The summed E-state index contributed by atoms with van der Waals surface area (Å²) >= 11 is 0. The molecule has 0 amide bonds. The summed E-state index contributed by atoms with van der Waals surface area (Å²) in [5, 5.41) is 23.2. The smallest absolute Gasteiger partial charge is 0.0992 e. The van der Waals surface area contributed by atoms with Crippen LogP contribution in [0.15, 0.2) is 152 Å². The first-order chi connectivity index (χ1) is 25.7. The van der Waals surface area contributed by atoms with E-state index < -0.39 is 0 Å². The first-order valence-electron chi connectivity index (χ1n) is 16.7. The summed E-state index contributed by atoms with van der Waals surface area (Å²) in [4.78, 5) is 23.6. The fourth-order valence-corrected chi connectivity index (χ4v) is 6.92. The van der Waals surface area contributed by atoms with Crippen molar-refractivity contribution in [1.82, 2.24) is 24.9 Å². The molecule has 4 aromatic carbocycles. The summed E-state index contributed by atoms with van der Waals surface area (Å²) in [6, 6.07) is 42.5. The van der Waals surface area contributed by atoms with E-state index in [0.29, 0.717) is 11.1 Å². The Bertz CT molecular complexity index is 2820. The highest BCUT2D eigenvalue weighted by molar-refractivity contribution is 6.22. The highest BCUT2D eigenvalue weighted by atomic mass is 14.7. The van der Waals surface area contributed by atoms with Gasteiger partial charge in [-0.15, -0.1) is 0 Å². The van der Waals surface area contributed by atoms with Crippen LogP contribution in [0.3, 0.4) is 0 Å². The number of rotatable bonds is 5. The van der Waals surface area contributed by atoms with Gasteiger partial charge in [-0.2, -0.15) is 10.5 Å². The van der Waals surface area contributed by atoms with E-state index in [9.17, 15) is 10.5 Å². The molecule has 0 bridgehead atoms. The maximum absolute atomic E-state index is 9.51. The summed E-state index contributed by atoms with van der Waals surface area (Å²) < 4.78 is 0. The van der Waals surface area contributed by atoms with Gasteiger partial charge in [0, 0.05) is 70.2 Å². The summed E-state index contributed by atoms with van der Waals surface area (Å²) in [5.74, 6) is 0. The lowest BCUT2D eigenvalue weighted by atomic mass is 9.90. The third-order valence-electron chi connectivity index (χ3n) is 9.34. The Hall–Kier alpha value is -7.61. The van der Waals surface area contributed by atoms with Crippen LogP contribution in [0.5, 0.6) is 0 Å². The Balaban J connectivity index is 1.26. The molecule has 0 unspecified atom stereocenters. The lowest BCUT2D eigenvalue weighted by Gasteiger charge is -2.16. The van der Waals surface area contributed by atoms with Crippen molar-refractivity contribution >= 4 is 32.6 Å². The van der Waals surface area contributed by atoms with Crippen molar-refractivity contribution in [2.45, 2.75) is 0 Å². The maximum Gasteiger partial charge on any atom is 0.0992 e. The van der Waals surface area contributed by atoms with Crippen LogP contribution in [-0.4, -0.2) is 24.9 Å². The van der Waals surface area contributed by atoms with Crippen molar-refractivity contribution < 1.29 is 0 Å². The van der Waals surface area contributed by atoms with Gasteiger partial charge in [0.15, 0.2) is 0 Å². The number of nitrogens with zero attached hydrogens (tertiary/aromatic N) is 7. The molecule has 5 aromatic heterocycles. The first-order valence-corrected chi connectivity index (χ1v) is 16.7. The second-order valence-corrected chi connectivity index (χ2v) is 12.5. The number of pyridine rings is 5. The second kappa shape index (κ2) is 12.7. The van der Waals surface area contributed by atoms with Gasteiger partial charge in [0.05, 0.1) is 45.7 Å². The van der Waals surface area contributed by atoms with E-state index in [-0.39, 0.29) is 0 Å². The number of hydrogen-bond acceptors (Lipinski definition) is 7. The van der Waals surface area contributed by atoms with Gasteiger partial charge in [-0.3, -0.25) is 19.9 Å². The van der Waals surface area contributed by atoms with Crippen LogP contribution in [0.2, 0.25) is 0 Å². The van der Waals surface area contributed by atoms with Crippen LogP contribution in [-0.2, 0) is 0 Å². The zero-order chi connectivity index (χ0) is 35.0.